The highest BCUT2D eigenvalue weighted by Crippen LogP contribution is 2.15. The summed E-state index contributed by atoms with van der Waals surface area (Å²) in [5, 5.41) is 11.8. The van der Waals surface area contributed by atoms with Crippen LogP contribution in [0.5, 0.6) is 0 Å². The maximum absolute atomic E-state index is 4.21. The largest absolute Gasteiger partial charge is 0.309 e. The number of aromatic nitrogens is 3. The zero-order valence-electron chi connectivity index (χ0n) is 13.9. The van der Waals surface area contributed by atoms with Crippen molar-refractivity contribution in [3.8, 4) is 0 Å². The van der Waals surface area contributed by atoms with Crippen molar-refractivity contribution in [3.05, 3.63) is 11.9 Å². The van der Waals surface area contributed by atoms with Crippen LogP contribution in [0.25, 0.3) is 0 Å². The van der Waals surface area contributed by atoms with Gasteiger partial charge in [-0.3, -0.25) is 4.68 Å². The van der Waals surface area contributed by atoms with E-state index in [4.69, 9.17) is 0 Å². The molecule has 1 atom stereocenters. The Morgan fingerprint density at radius 3 is 2.95 bits per heavy atom. The fraction of sp³-hybridized carbons (Fsp3) is 0.867. The fourth-order valence-corrected chi connectivity index (χ4v) is 2.77. The first kappa shape index (κ1) is 16.4. The zero-order valence-corrected chi connectivity index (χ0v) is 13.9. The van der Waals surface area contributed by atoms with Crippen LogP contribution in [0.15, 0.2) is 6.20 Å². The van der Waals surface area contributed by atoms with Gasteiger partial charge >= 0.3 is 0 Å². The van der Waals surface area contributed by atoms with Gasteiger partial charge < -0.3 is 15.1 Å². The number of likely N-dealkylation sites (N-methyl/N-ethyl adjacent to an activating group) is 2. The second kappa shape index (κ2) is 7.87. The molecule has 6 heteroatoms. The molecule has 6 nitrogen and oxygen atoms in total. The minimum Gasteiger partial charge on any atom is -0.309 e. The highest BCUT2D eigenvalue weighted by Gasteiger charge is 2.21. The van der Waals surface area contributed by atoms with Crippen molar-refractivity contribution in [2.75, 3.05) is 33.7 Å². The monoisotopic (exact) mass is 294 g/mol. The minimum atomic E-state index is 0.477. The summed E-state index contributed by atoms with van der Waals surface area (Å²) in [6.45, 7) is 9.38. The van der Waals surface area contributed by atoms with E-state index in [1.54, 1.807) is 0 Å². The van der Waals surface area contributed by atoms with Gasteiger partial charge in [0.1, 0.15) is 0 Å². The summed E-state index contributed by atoms with van der Waals surface area (Å²) in [5.74, 6) is 0. The third-order valence-corrected chi connectivity index (χ3v) is 4.18. The van der Waals surface area contributed by atoms with Gasteiger partial charge in [0.15, 0.2) is 0 Å². The number of hydrogen-bond donors (Lipinski definition) is 1. The summed E-state index contributed by atoms with van der Waals surface area (Å²) in [7, 11) is 4.43. The van der Waals surface area contributed by atoms with Crippen LogP contribution in [0, 0.1) is 0 Å². The molecule has 1 aliphatic rings. The van der Waals surface area contributed by atoms with Crippen LogP contribution in [-0.2, 0) is 13.1 Å². The Bertz CT molecular complexity index is 416. The smallest absolute Gasteiger partial charge is 0.0964 e. The lowest BCUT2D eigenvalue weighted by atomic mass is 10.2. The molecule has 2 rings (SSSR count). The Morgan fingerprint density at radius 2 is 2.29 bits per heavy atom. The van der Waals surface area contributed by atoms with Crippen molar-refractivity contribution in [1.29, 1.82) is 0 Å². The Kier molecular flexibility index (Phi) is 6.14. The van der Waals surface area contributed by atoms with Gasteiger partial charge in [0.2, 0.25) is 0 Å². The number of nitrogens with zero attached hydrogens (tertiary/aromatic N) is 5. The summed E-state index contributed by atoms with van der Waals surface area (Å²) in [5.41, 5.74) is 1.02. The Labute approximate surface area is 128 Å². The first-order valence-corrected chi connectivity index (χ1v) is 8.05. The maximum atomic E-state index is 4.21. The Morgan fingerprint density at radius 1 is 1.48 bits per heavy atom. The molecule has 1 unspecified atom stereocenters. The molecule has 0 saturated carbocycles. The molecule has 21 heavy (non-hydrogen) atoms. The number of rotatable bonds is 8. The molecule has 0 spiro atoms. The molecule has 1 N–H and O–H groups in total. The van der Waals surface area contributed by atoms with Gasteiger partial charge in [-0.25, -0.2) is 0 Å². The predicted molar refractivity (Wildman–Crippen MR) is 85.1 cm³/mol. The number of nitrogens with one attached hydrogen (secondary N) is 1. The van der Waals surface area contributed by atoms with Gasteiger partial charge in [-0.1, -0.05) is 19.1 Å². The predicted octanol–water partition coefficient (Wildman–Crippen LogP) is 0.802. The van der Waals surface area contributed by atoms with Crippen LogP contribution in [0.3, 0.4) is 0 Å². The van der Waals surface area contributed by atoms with E-state index in [0.29, 0.717) is 6.04 Å². The lowest BCUT2D eigenvalue weighted by molar-refractivity contribution is 0.213. The summed E-state index contributed by atoms with van der Waals surface area (Å²) >= 11 is 0. The molecule has 120 valence electrons. The van der Waals surface area contributed by atoms with Crippen LogP contribution in [0.4, 0.5) is 0 Å². The Balaban J connectivity index is 1.70. The molecule has 1 aromatic heterocycles. The second-order valence-electron chi connectivity index (χ2n) is 6.55. The van der Waals surface area contributed by atoms with Gasteiger partial charge in [-0.15, -0.1) is 5.10 Å². The molecule has 0 amide bonds. The maximum Gasteiger partial charge on any atom is 0.0964 e. The van der Waals surface area contributed by atoms with Crippen LogP contribution in [0.2, 0.25) is 0 Å². The zero-order chi connectivity index (χ0) is 15.2. The summed E-state index contributed by atoms with van der Waals surface area (Å²) in [6.07, 6.45) is 4.71. The van der Waals surface area contributed by atoms with Crippen LogP contribution >= 0.6 is 0 Å². The van der Waals surface area contributed by atoms with Gasteiger partial charge in [0.05, 0.1) is 12.2 Å². The van der Waals surface area contributed by atoms with Crippen molar-refractivity contribution in [2.45, 2.75) is 51.9 Å². The normalized spacial score (nSPS) is 20.0. The highest BCUT2D eigenvalue weighted by atomic mass is 15.4. The van der Waals surface area contributed by atoms with Crippen molar-refractivity contribution >= 4 is 0 Å². The van der Waals surface area contributed by atoms with E-state index in [9.17, 15) is 0 Å². The van der Waals surface area contributed by atoms with Crippen molar-refractivity contribution < 1.29 is 0 Å². The van der Waals surface area contributed by atoms with Crippen LogP contribution < -0.4 is 5.32 Å². The van der Waals surface area contributed by atoms with E-state index >= 15 is 0 Å². The molecule has 0 radical (unpaired) electrons. The van der Waals surface area contributed by atoms with Gasteiger partial charge in [0, 0.05) is 37.9 Å². The lowest BCUT2D eigenvalue weighted by Crippen LogP contribution is -2.37. The van der Waals surface area contributed by atoms with E-state index in [2.05, 4.69) is 53.4 Å². The standard InChI is InChI=1S/C15H30N6/c1-13(2)16-10-14-11-21(18-17-14)9-8-19(3)12-15-6-5-7-20(15)4/h11,13,15-16H,5-10,12H2,1-4H3. The molecule has 1 aromatic rings. The van der Waals surface area contributed by atoms with Crippen LogP contribution in [-0.4, -0.2) is 70.6 Å². The summed E-state index contributed by atoms with van der Waals surface area (Å²) < 4.78 is 1.95. The molecule has 1 aliphatic heterocycles. The first-order chi connectivity index (χ1) is 10.0. The molecule has 2 heterocycles. The van der Waals surface area contributed by atoms with E-state index in [1.165, 1.54) is 19.4 Å². The van der Waals surface area contributed by atoms with Gasteiger partial charge in [-0.2, -0.15) is 0 Å². The first-order valence-electron chi connectivity index (χ1n) is 8.05. The average Bonchev–Trinajstić information content (AvgIpc) is 3.04. The van der Waals surface area contributed by atoms with Gasteiger partial charge in [0.25, 0.3) is 0 Å². The third kappa shape index (κ3) is 5.37. The Hall–Kier alpha value is -0.980. The van der Waals surface area contributed by atoms with E-state index in [0.717, 1.165) is 37.9 Å². The molecule has 0 bridgehead atoms. The molecule has 0 aliphatic carbocycles. The quantitative estimate of drug-likeness (QED) is 0.768. The van der Waals surface area contributed by atoms with Crippen molar-refractivity contribution in [1.82, 2.24) is 30.1 Å². The van der Waals surface area contributed by atoms with Gasteiger partial charge in [-0.05, 0) is 33.5 Å². The topological polar surface area (TPSA) is 49.2 Å². The fourth-order valence-electron chi connectivity index (χ4n) is 2.77. The molecule has 1 fully saturated rings. The lowest BCUT2D eigenvalue weighted by Gasteiger charge is -2.25. The molecular formula is C15H30N6. The number of likely N-dealkylation sites (tertiary alicyclic amines) is 1. The average molecular weight is 294 g/mol. The SMILES string of the molecule is CC(C)NCc1cn(CCN(C)CC2CCCN2C)nn1. The highest BCUT2D eigenvalue weighted by molar-refractivity contribution is 4.91. The van der Waals surface area contributed by atoms with E-state index in [-0.39, 0.29) is 0 Å². The third-order valence-electron chi connectivity index (χ3n) is 4.18. The van der Waals surface area contributed by atoms with Crippen molar-refractivity contribution in [3.63, 3.8) is 0 Å². The molecule has 1 saturated heterocycles. The summed E-state index contributed by atoms with van der Waals surface area (Å²) in [4.78, 5) is 4.88. The molecular weight excluding hydrogens is 264 g/mol. The van der Waals surface area contributed by atoms with E-state index in [1.807, 2.05) is 10.9 Å². The van der Waals surface area contributed by atoms with Crippen molar-refractivity contribution in [2.24, 2.45) is 0 Å². The van der Waals surface area contributed by atoms with E-state index < -0.39 is 0 Å². The minimum absolute atomic E-state index is 0.477. The summed E-state index contributed by atoms with van der Waals surface area (Å²) in [6, 6.07) is 1.20. The number of hydrogen-bond acceptors (Lipinski definition) is 5. The second-order valence-corrected chi connectivity index (χ2v) is 6.55. The van der Waals surface area contributed by atoms with Crippen LogP contribution in [0.1, 0.15) is 32.4 Å². The molecule has 0 aromatic carbocycles.